The van der Waals surface area contributed by atoms with Crippen LogP contribution in [0.5, 0.6) is 5.75 Å². The van der Waals surface area contributed by atoms with Gasteiger partial charge in [0.25, 0.3) is 0 Å². The first-order valence-electron chi connectivity index (χ1n) is 5.78. The number of hydrogen-bond acceptors (Lipinski definition) is 3. The van der Waals surface area contributed by atoms with Crippen molar-refractivity contribution < 1.29 is 9.53 Å². The minimum absolute atomic E-state index is 0.0150. The van der Waals surface area contributed by atoms with Gasteiger partial charge in [-0.15, -0.1) is 0 Å². The third-order valence-corrected chi connectivity index (χ3v) is 2.75. The molecule has 94 valence electrons. The number of amides is 1. The first-order valence-corrected chi connectivity index (χ1v) is 5.78. The number of nitrogens with one attached hydrogen (secondary N) is 1. The van der Waals surface area contributed by atoms with Crippen molar-refractivity contribution in [1.82, 2.24) is 5.32 Å². The topological polar surface area (TPSA) is 64.4 Å². The smallest absolute Gasteiger partial charge is 0.234 e. The van der Waals surface area contributed by atoms with Gasteiger partial charge in [0, 0.05) is 0 Å². The van der Waals surface area contributed by atoms with Crippen LogP contribution in [0.3, 0.4) is 0 Å². The largest absolute Gasteiger partial charge is 0.496 e. The molecule has 0 aliphatic rings. The Morgan fingerprint density at radius 3 is 2.76 bits per heavy atom. The van der Waals surface area contributed by atoms with E-state index in [0.29, 0.717) is 0 Å². The number of rotatable bonds is 5. The van der Waals surface area contributed by atoms with Gasteiger partial charge < -0.3 is 15.8 Å². The standard InChI is InChI=1S/C13H20N2O2/c1-4-10-7-11(5-6-12(10)17-3)9(2)15-13(16)8-14/h5-7,9H,4,8,14H2,1-3H3,(H,15,16). The normalized spacial score (nSPS) is 12.0. The van der Waals surface area contributed by atoms with E-state index in [2.05, 4.69) is 18.3 Å². The molecule has 0 aromatic heterocycles. The fourth-order valence-corrected chi connectivity index (χ4v) is 1.73. The fraction of sp³-hybridized carbons (Fsp3) is 0.462. The number of carbonyl (C=O) groups is 1. The van der Waals surface area contributed by atoms with Crippen molar-refractivity contribution in [3.8, 4) is 5.75 Å². The van der Waals surface area contributed by atoms with Crippen LogP contribution in [0.1, 0.15) is 31.0 Å². The molecule has 1 atom stereocenters. The van der Waals surface area contributed by atoms with Crippen LogP contribution < -0.4 is 15.8 Å². The Kier molecular flexibility index (Phi) is 4.97. The summed E-state index contributed by atoms with van der Waals surface area (Å²) in [6, 6.07) is 5.90. The van der Waals surface area contributed by atoms with Crippen molar-refractivity contribution in [3.05, 3.63) is 29.3 Å². The quantitative estimate of drug-likeness (QED) is 0.812. The van der Waals surface area contributed by atoms with Gasteiger partial charge in [0.2, 0.25) is 5.91 Å². The Balaban J connectivity index is 2.87. The van der Waals surface area contributed by atoms with E-state index in [-0.39, 0.29) is 18.5 Å². The zero-order valence-electron chi connectivity index (χ0n) is 10.6. The molecule has 0 heterocycles. The molecule has 0 fully saturated rings. The second kappa shape index (κ2) is 6.25. The number of hydrogen-bond donors (Lipinski definition) is 2. The molecule has 3 N–H and O–H groups in total. The van der Waals surface area contributed by atoms with E-state index < -0.39 is 0 Å². The molecule has 0 saturated carbocycles. The van der Waals surface area contributed by atoms with Crippen LogP contribution in [0.25, 0.3) is 0 Å². The molecule has 1 amide bonds. The highest BCUT2D eigenvalue weighted by Gasteiger charge is 2.10. The van der Waals surface area contributed by atoms with Crippen LogP contribution >= 0.6 is 0 Å². The molecule has 1 aromatic rings. The summed E-state index contributed by atoms with van der Waals surface area (Å²) in [7, 11) is 1.66. The maximum absolute atomic E-state index is 11.2. The maximum atomic E-state index is 11.2. The lowest BCUT2D eigenvalue weighted by atomic mass is 10.0. The van der Waals surface area contributed by atoms with Crippen molar-refractivity contribution >= 4 is 5.91 Å². The average molecular weight is 236 g/mol. The van der Waals surface area contributed by atoms with E-state index in [9.17, 15) is 4.79 Å². The molecule has 0 spiro atoms. The van der Waals surface area contributed by atoms with Gasteiger partial charge in [-0.2, -0.15) is 0 Å². The molecule has 17 heavy (non-hydrogen) atoms. The highest BCUT2D eigenvalue weighted by atomic mass is 16.5. The molecule has 0 radical (unpaired) electrons. The molecule has 4 nitrogen and oxygen atoms in total. The zero-order valence-corrected chi connectivity index (χ0v) is 10.6. The highest BCUT2D eigenvalue weighted by Crippen LogP contribution is 2.23. The van der Waals surface area contributed by atoms with E-state index in [1.807, 2.05) is 19.1 Å². The van der Waals surface area contributed by atoms with E-state index in [1.165, 1.54) is 0 Å². The van der Waals surface area contributed by atoms with Crippen LogP contribution in [0, 0.1) is 0 Å². The van der Waals surface area contributed by atoms with Crippen molar-refractivity contribution in [2.24, 2.45) is 5.73 Å². The van der Waals surface area contributed by atoms with Crippen molar-refractivity contribution in [2.45, 2.75) is 26.3 Å². The summed E-state index contributed by atoms with van der Waals surface area (Å²) in [4.78, 5) is 11.2. The Morgan fingerprint density at radius 2 is 2.24 bits per heavy atom. The number of benzene rings is 1. The summed E-state index contributed by atoms with van der Waals surface area (Å²) in [6.07, 6.45) is 0.897. The second-order valence-corrected chi connectivity index (χ2v) is 3.92. The van der Waals surface area contributed by atoms with Crippen LogP contribution in [0.2, 0.25) is 0 Å². The molecule has 1 unspecified atom stereocenters. The molecule has 1 rings (SSSR count). The van der Waals surface area contributed by atoms with E-state index in [4.69, 9.17) is 10.5 Å². The maximum Gasteiger partial charge on any atom is 0.234 e. The third kappa shape index (κ3) is 3.46. The molecular formula is C13H20N2O2. The van der Waals surface area contributed by atoms with Crippen molar-refractivity contribution in [2.75, 3.05) is 13.7 Å². The van der Waals surface area contributed by atoms with Gasteiger partial charge in [-0.3, -0.25) is 4.79 Å². The van der Waals surface area contributed by atoms with Crippen molar-refractivity contribution in [1.29, 1.82) is 0 Å². The summed E-state index contributed by atoms with van der Waals surface area (Å²) in [5.74, 6) is 0.736. The number of aryl methyl sites for hydroxylation is 1. The lowest BCUT2D eigenvalue weighted by Gasteiger charge is -2.16. The Labute approximate surface area is 102 Å². The molecule has 0 bridgehead atoms. The lowest BCUT2D eigenvalue weighted by Crippen LogP contribution is -2.32. The number of ether oxygens (including phenoxy) is 1. The Hall–Kier alpha value is -1.55. The summed E-state index contributed by atoms with van der Waals surface area (Å²) < 4.78 is 5.27. The van der Waals surface area contributed by atoms with Crippen molar-refractivity contribution in [3.63, 3.8) is 0 Å². The molecule has 0 saturated heterocycles. The van der Waals surface area contributed by atoms with Gasteiger partial charge >= 0.3 is 0 Å². The van der Waals surface area contributed by atoms with Gasteiger partial charge in [0.05, 0.1) is 19.7 Å². The average Bonchev–Trinajstić information content (AvgIpc) is 2.37. The summed E-state index contributed by atoms with van der Waals surface area (Å²) in [5.41, 5.74) is 7.47. The molecule has 4 heteroatoms. The van der Waals surface area contributed by atoms with Gasteiger partial charge in [0.15, 0.2) is 0 Å². The van der Waals surface area contributed by atoms with Gasteiger partial charge in [0.1, 0.15) is 5.75 Å². The predicted molar refractivity (Wildman–Crippen MR) is 68.0 cm³/mol. The van der Waals surface area contributed by atoms with Gasteiger partial charge in [-0.05, 0) is 30.5 Å². The second-order valence-electron chi connectivity index (χ2n) is 3.92. The monoisotopic (exact) mass is 236 g/mol. The molecule has 0 aliphatic heterocycles. The zero-order chi connectivity index (χ0) is 12.8. The van der Waals surface area contributed by atoms with Crippen LogP contribution in [-0.4, -0.2) is 19.6 Å². The predicted octanol–water partition coefficient (Wildman–Crippen LogP) is 1.39. The molecule has 1 aromatic carbocycles. The minimum atomic E-state index is -0.147. The van der Waals surface area contributed by atoms with Crippen LogP contribution in [0.4, 0.5) is 0 Å². The Morgan fingerprint density at radius 1 is 1.53 bits per heavy atom. The van der Waals surface area contributed by atoms with Gasteiger partial charge in [-0.25, -0.2) is 0 Å². The first kappa shape index (κ1) is 13.5. The SMILES string of the molecule is CCc1cc(C(C)NC(=O)CN)ccc1OC. The first-order chi connectivity index (χ1) is 8.12. The molecule has 0 aliphatic carbocycles. The van der Waals surface area contributed by atoms with E-state index in [0.717, 1.165) is 23.3 Å². The summed E-state index contributed by atoms with van der Waals surface area (Å²) in [5, 5.41) is 2.83. The van der Waals surface area contributed by atoms with Crippen LogP contribution in [-0.2, 0) is 11.2 Å². The lowest BCUT2D eigenvalue weighted by molar-refractivity contribution is -0.120. The third-order valence-electron chi connectivity index (χ3n) is 2.75. The van der Waals surface area contributed by atoms with Gasteiger partial charge in [-0.1, -0.05) is 19.1 Å². The minimum Gasteiger partial charge on any atom is -0.496 e. The van der Waals surface area contributed by atoms with E-state index >= 15 is 0 Å². The number of methoxy groups -OCH3 is 1. The summed E-state index contributed by atoms with van der Waals surface area (Å²) in [6.45, 7) is 4.03. The summed E-state index contributed by atoms with van der Waals surface area (Å²) >= 11 is 0. The number of carbonyl (C=O) groups excluding carboxylic acids is 1. The fourth-order valence-electron chi connectivity index (χ4n) is 1.73. The highest BCUT2D eigenvalue weighted by molar-refractivity contribution is 5.78. The van der Waals surface area contributed by atoms with E-state index in [1.54, 1.807) is 7.11 Å². The number of nitrogens with two attached hydrogens (primary N) is 1. The molecular weight excluding hydrogens is 216 g/mol. The Bertz CT molecular complexity index is 391. The van der Waals surface area contributed by atoms with Crippen LogP contribution in [0.15, 0.2) is 18.2 Å².